The Bertz CT molecular complexity index is 304. The smallest absolute Gasteiger partial charge is 0.306 e. The molecule has 1 heterocycles. The van der Waals surface area contributed by atoms with E-state index in [1.54, 1.807) is 14.2 Å². The van der Waals surface area contributed by atoms with Gasteiger partial charge in [0.1, 0.15) is 19.7 Å². The van der Waals surface area contributed by atoms with Gasteiger partial charge in [-0.3, -0.25) is 4.79 Å². The summed E-state index contributed by atoms with van der Waals surface area (Å²) in [5.41, 5.74) is 0. The van der Waals surface area contributed by atoms with Crippen molar-refractivity contribution in [3.63, 3.8) is 0 Å². The predicted molar refractivity (Wildman–Crippen MR) is 72.0 cm³/mol. The Morgan fingerprint density at radius 2 is 1.75 bits per heavy atom. The van der Waals surface area contributed by atoms with E-state index in [1.165, 1.54) is 0 Å². The molecular formula is C14H24O6. The average molecular weight is 288 g/mol. The molecule has 0 N–H and O–H groups in total. The fourth-order valence-corrected chi connectivity index (χ4v) is 1.91. The molecule has 0 unspecified atom stereocenters. The summed E-state index contributed by atoms with van der Waals surface area (Å²) in [5.74, 6) is -0.218. The number of esters is 1. The van der Waals surface area contributed by atoms with E-state index in [0.717, 1.165) is 0 Å². The lowest BCUT2D eigenvalue weighted by molar-refractivity contribution is -0.152. The van der Waals surface area contributed by atoms with Crippen LogP contribution in [0.15, 0.2) is 12.2 Å². The highest BCUT2D eigenvalue weighted by Crippen LogP contribution is 2.15. The van der Waals surface area contributed by atoms with Crippen LogP contribution in [0.4, 0.5) is 0 Å². The predicted octanol–water partition coefficient (Wildman–Crippen LogP) is 1.64. The highest BCUT2D eigenvalue weighted by molar-refractivity contribution is 5.69. The molecule has 0 aromatic carbocycles. The van der Waals surface area contributed by atoms with Gasteiger partial charge in [0.05, 0.1) is 12.2 Å². The number of methoxy groups -OCH3 is 2. The maximum absolute atomic E-state index is 11.7. The molecule has 3 atom stereocenters. The first-order valence-electron chi connectivity index (χ1n) is 6.74. The minimum Gasteiger partial charge on any atom is -0.463 e. The number of hydrogen-bond donors (Lipinski definition) is 0. The SMILES string of the molecule is COCO[C@@H]1/C=C/[C@@H](OCOC)C[C@@H](C)OC(=O)CC1. The second kappa shape index (κ2) is 9.88. The standard InChI is InChI=1S/C14H24O6/c1-11-8-13(19-10-17-3)5-4-12(18-9-16-2)6-7-14(15)20-11/h4-5,11-13H,6-10H2,1-3H3/b5-4+/t11-,12-,13-/m1/s1. The maximum Gasteiger partial charge on any atom is 0.306 e. The van der Waals surface area contributed by atoms with Gasteiger partial charge in [0.2, 0.25) is 0 Å². The lowest BCUT2D eigenvalue weighted by Gasteiger charge is -2.22. The third-order valence-electron chi connectivity index (χ3n) is 2.87. The van der Waals surface area contributed by atoms with Crippen LogP contribution in [0.25, 0.3) is 0 Å². The zero-order chi connectivity index (χ0) is 14.8. The second-order valence-corrected chi connectivity index (χ2v) is 4.68. The fourth-order valence-electron chi connectivity index (χ4n) is 1.91. The van der Waals surface area contributed by atoms with Gasteiger partial charge in [0, 0.05) is 27.1 Å². The van der Waals surface area contributed by atoms with Crippen molar-refractivity contribution in [3.05, 3.63) is 12.2 Å². The molecule has 20 heavy (non-hydrogen) atoms. The number of cyclic esters (lactones) is 1. The molecule has 0 radical (unpaired) electrons. The molecule has 6 nitrogen and oxygen atoms in total. The minimum atomic E-state index is -0.218. The normalized spacial score (nSPS) is 29.8. The Balaban J connectivity index is 2.66. The van der Waals surface area contributed by atoms with Crippen LogP contribution in [0.2, 0.25) is 0 Å². The lowest BCUT2D eigenvalue weighted by Crippen LogP contribution is -2.26. The summed E-state index contributed by atoms with van der Waals surface area (Å²) in [5, 5.41) is 0. The molecule has 0 saturated heterocycles. The summed E-state index contributed by atoms with van der Waals surface area (Å²) in [6.45, 7) is 2.23. The monoisotopic (exact) mass is 288 g/mol. The molecule has 0 bridgehead atoms. The molecule has 0 fully saturated rings. The molecule has 1 aliphatic heterocycles. The Morgan fingerprint density at radius 3 is 2.40 bits per heavy atom. The molecule has 6 heteroatoms. The van der Waals surface area contributed by atoms with E-state index < -0.39 is 0 Å². The Hall–Kier alpha value is -0.950. The van der Waals surface area contributed by atoms with Gasteiger partial charge in [-0.2, -0.15) is 0 Å². The topological polar surface area (TPSA) is 63.2 Å². The third kappa shape index (κ3) is 7.00. The van der Waals surface area contributed by atoms with Crippen molar-refractivity contribution in [2.45, 2.75) is 44.5 Å². The zero-order valence-corrected chi connectivity index (χ0v) is 12.4. The van der Waals surface area contributed by atoms with Gasteiger partial charge in [0.25, 0.3) is 0 Å². The van der Waals surface area contributed by atoms with Crippen molar-refractivity contribution in [1.29, 1.82) is 0 Å². The van der Waals surface area contributed by atoms with Gasteiger partial charge < -0.3 is 23.7 Å². The summed E-state index contributed by atoms with van der Waals surface area (Å²) >= 11 is 0. The third-order valence-corrected chi connectivity index (χ3v) is 2.87. The number of hydrogen-bond acceptors (Lipinski definition) is 6. The molecule has 0 aromatic heterocycles. The van der Waals surface area contributed by atoms with E-state index in [0.29, 0.717) is 19.3 Å². The van der Waals surface area contributed by atoms with Gasteiger partial charge in [-0.15, -0.1) is 0 Å². The van der Waals surface area contributed by atoms with Crippen molar-refractivity contribution in [1.82, 2.24) is 0 Å². The molecule has 116 valence electrons. The fraction of sp³-hybridized carbons (Fsp3) is 0.786. The van der Waals surface area contributed by atoms with Crippen LogP contribution in [0, 0.1) is 0 Å². The molecule has 0 spiro atoms. The summed E-state index contributed by atoms with van der Waals surface area (Å²) in [6.07, 6.45) is 4.75. The van der Waals surface area contributed by atoms with Gasteiger partial charge in [-0.1, -0.05) is 12.2 Å². The summed E-state index contributed by atoms with van der Waals surface area (Å²) < 4.78 is 26.1. The van der Waals surface area contributed by atoms with E-state index in [9.17, 15) is 4.79 Å². The van der Waals surface area contributed by atoms with Crippen molar-refractivity contribution in [3.8, 4) is 0 Å². The quantitative estimate of drug-likeness (QED) is 0.420. The summed E-state index contributed by atoms with van der Waals surface area (Å²) in [6, 6.07) is 0. The molecule has 0 aliphatic carbocycles. The highest BCUT2D eigenvalue weighted by atomic mass is 16.7. The van der Waals surface area contributed by atoms with Crippen molar-refractivity contribution in [2.75, 3.05) is 27.8 Å². The van der Waals surface area contributed by atoms with Crippen LogP contribution in [0.1, 0.15) is 26.2 Å². The van der Waals surface area contributed by atoms with Crippen LogP contribution < -0.4 is 0 Å². The Kier molecular flexibility index (Phi) is 8.45. The Labute approximate surface area is 120 Å². The molecule has 1 rings (SSSR count). The molecule has 1 aliphatic rings. The minimum absolute atomic E-state index is 0.176. The second-order valence-electron chi connectivity index (χ2n) is 4.68. The average Bonchev–Trinajstić information content (AvgIpc) is 2.42. The first-order valence-corrected chi connectivity index (χ1v) is 6.74. The number of rotatable bonds is 6. The van der Waals surface area contributed by atoms with Crippen LogP contribution in [-0.4, -0.2) is 52.1 Å². The van der Waals surface area contributed by atoms with Crippen LogP contribution in [0.3, 0.4) is 0 Å². The molecule has 0 amide bonds. The summed E-state index contributed by atoms with van der Waals surface area (Å²) in [7, 11) is 3.13. The molecular weight excluding hydrogens is 264 g/mol. The van der Waals surface area contributed by atoms with Gasteiger partial charge >= 0.3 is 5.97 Å². The van der Waals surface area contributed by atoms with Gasteiger partial charge in [-0.05, 0) is 13.3 Å². The summed E-state index contributed by atoms with van der Waals surface area (Å²) in [4.78, 5) is 11.7. The van der Waals surface area contributed by atoms with E-state index in [2.05, 4.69) is 0 Å². The van der Waals surface area contributed by atoms with Crippen LogP contribution >= 0.6 is 0 Å². The Morgan fingerprint density at radius 1 is 1.15 bits per heavy atom. The van der Waals surface area contributed by atoms with Crippen molar-refractivity contribution >= 4 is 5.97 Å². The van der Waals surface area contributed by atoms with Crippen LogP contribution in [-0.2, 0) is 28.5 Å². The van der Waals surface area contributed by atoms with Crippen LogP contribution in [0.5, 0.6) is 0 Å². The first kappa shape index (κ1) is 17.1. The molecule has 0 saturated carbocycles. The van der Waals surface area contributed by atoms with E-state index in [4.69, 9.17) is 23.7 Å². The van der Waals surface area contributed by atoms with Crippen molar-refractivity contribution in [2.24, 2.45) is 0 Å². The van der Waals surface area contributed by atoms with Gasteiger partial charge in [-0.25, -0.2) is 0 Å². The maximum atomic E-state index is 11.7. The molecule has 0 aromatic rings. The van der Waals surface area contributed by atoms with E-state index in [1.807, 2.05) is 19.1 Å². The first-order chi connectivity index (χ1) is 9.65. The van der Waals surface area contributed by atoms with Gasteiger partial charge in [0.15, 0.2) is 0 Å². The lowest BCUT2D eigenvalue weighted by atomic mass is 10.1. The largest absolute Gasteiger partial charge is 0.463 e. The highest BCUT2D eigenvalue weighted by Gasteiger charge is 2.19. The van der Waals surface area contributed by atoms with Crippen molar-refractivity contribution < 1.29 is 28.5 Å². The number of carbonyl (C=O) groups is 1. The van der Waals surface area contributed by atoms with E-state index >= 15 is 0 Å². The van der Waals surface area contributed by atoms with E-state index in [-0.39, 0.29) is 37.9 Å². The number of carbonyl (C=O) groups excluding carboxylic acids is 1. The number of ether oxygens (including phenoxy) is 5. The zero-order valence-electron chi connectivity index (χ0n) is 12.4.